The molecule has 0 heterocycles. The standard InChI is InChI=1S/C12H15F3N2OS/c1-11(2,10(16)18)17-7-8-3-5-9(6-4-8)19-12(13,14)15/h3-6,17H,7H2,1-2H3,(H2,16,18). The summed E-state index contributed by atoms with van der Waals surface area (Å²) in [5, 5.41) is 2.94. The number of thioether (sulfide) groups is 1. The Balaban J connectivity index is 2.61. The van der Waals surface area contributed by atoms with Crippen molar-refractivity contribution in [1.82, 2.24) is 5.32 Å². The fraction of sp³-hybridized carbons (Fsp3) is 0.417. The maximum Gasteiger partial charge on any atom is 0.446 e. The number of primary amides is 1. The van der Waals surface area contributed by atoms with Crippen molar-refractivity contribution in [1.29, 1.82) is 0 Å². The highest BCUT2D eigenvalue weighted by Crippen LogP contribution is 2.36. The van der Waals surface area contributed by atoms with Gasteiger partial charge >= 0.3 is 5.51 Å². The molecule has 0 aliphatic rings. The Morgan fingerprint density at radius 1 is 1.26 bits per heavy atom. The molecule has 1 rings (SSSR count). The number of carbonyl (C=O) groups excluding carboxylic acids is 1. The van der Waals surface area contributed by atoms with Crippen molar-refractivity contribution in [3.63, 3.8) is 0 Å². The molecule has 1 aromatic carbocycles. The molecule has 19 heavy (non-hydrogen) atoms. The van der Waals surface area contributed by atoms with E-state index < -0.39 is 17.0 Å². The van der Waals surface area contributed by atoms with Gasteiger partial charge in [0.1, 0.15) is 0 Å². The Hall–Kier alpha value is -1.21. The van der Waals surface area contributed by atoms with Crippen molar-refractivity contribution in [3.8, 4) is 0 Å². The molecule has 0 aliphatic carbocycles. The van der Waals surface area contributed by atoms with Gasteiger partial charge in [-0.05, 0) is 43.3 Å². The fourth-order valence-corrected chi connectivity index (χ4v) is 1.76. The average molecular weight is 292 g/mol. The first-order valence-corrected chi connectivity index (χ1v) is 6.31. The third-order valence-electron chi connectivity index (χ3n) is 2.51. The molecule has 0 saturated carbocycles. The van der Waals surface area contributed by atoms with Gasteiger partial charge < -0.3 is 5.73 Å². The van der Waals surface area contributed by atoms with E-state index in [0.29, 0.717) is 6.54 Å². The molecule has 3 N–H and O–H groups in total. The highest BCUT2D eigenvalue weighted by molar-refractivity contribution is 8.00. The zero-order valence-electron chi connectivity index (χ0n) is 10.5. The highest BCUT2D eigenvalue weighted by Gasteiger charge is 2.29. The Morgan fingerprint density at radius 3 is 2.21 bits per heavy atom. The summed E-state index contributed by atoms with van der Waals surface area (Å²) >= 11 is -0.157. The molecule has 0 atom stereocenters. The Kier molecular flexibility index (Phi) is 4.86. The van der Waals surface area contributed by atoms with Gasteiger partial charge in [0.15, 0.2) is 0 Å². The van der Waals surface area contributed by atoms with Crippen LogP contribution >= 0.6 is 11.8 Å². The number of alkyl halides is 3. The first kappa shape index (κ1) is 15.8. The molecule has 3 nitrogen and oxygen atoms in total. The highest BCUT2D eigenvalue weighted by atomic mass is 32.2. The third-order valence-corrected chi connectivity index (χ3v) is 3.25. The number of benzene rings is 1. The molecular weight excluding hydrogens is 277 g/mol. The minimum Gasteiger partial charge on any atom is -0.368 e. The number of hydrogen-bond donors (Lipinski definition) is 2. The molecule has 1 aromatic rings. The van der Waals surface area contributed by atoms with Crippen molar-refractivity contribution in [2.75, 3.05) is 0 Å². The van der Waals surface area contributed by atoms with E-state index in [2.05, 4.69) is 5.32 Å². The lowest BCUT2D eigenvalue weighted by atomic mass is 10.0. The Labute approximate surface area is 113 Å². The molecule has 0 radical (unpaired) electrons. The van der Waals surface area contributed by atoms with E-state index in [1.807, 2.05) is 0 Å². The summed E-state index contributed by atoms with van der Waals surface area (Å²) in [6.07, 6.45) is 0. The van der Waals surface area contributed by atoms with E-state index in [9.17, 15) is 18.0 Å². The lowest BCUT2D eigenvalue weighted by Gasteiger charge is -2.22. The van der Waals surface area contributed by atoms with Gasteiger partial charge in [0.05, 0.1) is 5.54 Å². The minimum absolute atomic E-state index is 0.130. The molecule has 0 bridgehead atoms. The van der Waals surface area contributed by atoms with Crippen molar-refractivity contribution in [2.24, 2.45) is 5.73 Å². The number of nitrogens with one attached hydrogen (secondary N) is 1. The summed E-state index contributed by atoms with van der Waals surface area (Å²) < 4.78 is 36.4. The van der Waals surface area contributed by atoms with Crippen LogP contribution < -0.4 is 11.1 Å². The quantitative estimate of drug-likeness (QED) is 0.820. The van der Waals surface area contributed by atoms with Gasteiger partial charge in [0.25, 0.3) is 0 Å². The second-order valence-corrected chi connectivity index (χ2v) is 5.67. The number of carbonyl (C=O) groups is 1. The van der Waals surface area contributed by atoms with Gasteiger partial charge in [-0.25, -0.2) is 0 Å². The molecule has 1 amide bonds. The van der Waals surface area contributed by atoms with Gasteiger partial charge in [-0.3, -0.25) is 10.1 Å². The van der Waals surface area contributed by atoms with E-state index in [1.165, 1.54) is 12.1 Å². The normalized spacial score (nSPS) is 12.5. The van der Waals surface area contributed by atoms with Crippen molar-refractivity contribution >= 4 is 17.7 Å². The predicted octanol–water partition coefficient (Wildman–Crippen LogP) is 2.65. The van der Waals surface area contributed by atoms with Crippen LogP contribution in [0.25, 0.3) is 0 Å². The van der Waals surface area contributed by atoms with Gasteiger partial charge in [0, 0.05) is 11.4 Å². The van der Waals surface area contributed by atoms with Crippen LogP contribution in [0.5, 0.6) is 0 Å². The Morgan fingerprint density at radius 2 is 1.79 bits per heavy atom. The van der Waals surface area contributed by atoms with Crippen LogP contribution in [-0.2, 0) is 11.3 Å². The van der Waals surface area contributed by atoms with E-state index >= 15 is 0 Å². The monoisotopic (exact) mass is 292 g/mol. The number of nitrogens with two attached hydrogens (primary N) is 1. The predicted molar refractivity (Wildman–Crippen MR) is 68.5 cm³/mol. The van der Waals surface area contributed by atoms with Crippen LogP contribution in [0, 0.1) is 0 Å². The SMILES string of the molecule is CC(C)(NCc1ccc(SC(F)(F)F)cc1)C(N)=O. The molecule has 0 fully saturated rings. The van der Waals surface area contributed by atoms with Crippen LogP contribution in [0.2, 0.25) is 0 Å². The molecule has 106 valence electrons. The number of halogens is 3. The topological polar surface area (TPSA) is 55.1 Å². The smallest absolute Gasteiger partial charge is 0.368 e. The Bertz CT molecular complexity index is 443. The maximum absolute atomic E-state index is 12.1. The van der Waals surface area contributed by atoms with Crippen molar-refractivity contribution < 1.29 is 18.0 Å². The second-order valence-electron chi connectivity index (χ2n) is 4.53. The van der Waals surface area contributed by atoms with Gasteiger partial charge in [-0.1, -0.05) is 12.1 Å². The molecule has 0 spiro atoms. The summed E-state index contributed by atoms with van der Waals surface area (Å²) in [7, 11) is 0. The maximum atomic E-state index is 12.1. The number of amides is 1. The minimum atomic E-state index is -4.28. The van der Waals surface area contributed by atoms with Crippen LogP contribution in [0.15, 0.2) is 29.2 Å². The summed E-state index contributed by atoms with van der Waals surface area (Å²) in [4.78, 5) is 11.2. The van der Waals surface area contributed by atoms with Crippen molar-refractivity contribution in [3.05, 3.63) is 29.8 Å². The number of hydrogen-bond acceptors (Lipinski definition) is 3. The van der Waals surface area contributed by atoms with Gasteiger partial charge in [0.2, 0.25) is 5.91 Å². The molecule has 7 heteroatoms. The molecule has 0 saturated heterocycles. The van der Waals surface area contributed by atoms with Gasteiger partial charge in [-0.2, -0.15) is 13.2 Å². The van der Waals surface area contributed by atoms with Crippen molar-refractivity contribution in [2.45, 2.75) is 36.3 Å². The zero-order valence-corrected chi connectivity index (χ0v) is 11.4. The zero-order chi connectivity index (χ0) is 14.7. The van der Waals surface area contributed by atoms with E-state index in [0.717, 1.165) is 5.56 Å². The third kappa shape index (κ3) is 5.52. The van der Waals surface area contributed by atoms with Crippen LogP contribution in [-0.4, -0.2) is 17.0 Å². The number of rotatable bonds is 5. The summed E-state index contributed by atoms with van der Waals surface area (Å²) in [5.74, 6) is -0.489. The van der Waals surface area contributed by atoms with Gasteiger partial charge in [-0.15, -0.1) is 0 Å². The average Bonchev–Trinajstić information content (AvgIpc) is 2.26. The summed E-state index contributed by atoms with van der Waals surface area (Å²) in [5.41, 5.74) is 0.831. The molecular formula is C12H15F3N2OS. The van der Waals surface area contributed by atoms with Crippen LogP contribution in [0.3, 0.4) is 0 Å². The lowest BCUT2D eigenvalue weighted by molar-refractivity contribution is -0.123. The first-order chi connectivity index (χ1) is 8.60. The van der Waals surface area contributed by atoms with Crippen LogP contribution in [0.4, 0.5) is 13.2 Å². The second kappa shape index (κ2) is 5.83. The summed E-state index contributed by atoms with van der Waals surface area (Å²) in [6, 6.07) is 5.95. The largest absolute Gasteiger partial charge is 0.446 e. The molecule has 0 aliphatic heterocycles. The fourth-order valence-electron chi connectivity index (χ4n) is 1.22. The van der Waals surface area contributed by atoms with E-state index in [1.54, 1.807) is 26.0 Å². The molecule has 0 aromatic heterocycles. The first-order valence-electron chi connectivity index (χ1n) is 5.50. The van der Waals surface area contributed by atoms with Crippen LogP contribution in [0.1, 0.15) is 19.4 Å². The van der Waals surface area contributed by atoms with E-state index in [4.69, 9.17) is 5.73 Å². The van der Waals surface area contributed by atoms with E-state index in [-0.39, 0.29) is 16.7 Å². The summed E-state index contributed by atoms with van der Waals surface area (Å²) in [6.45, 7) is 3.64. The molecule has 0 unspecified atom stereocenters. The lowest BCUT2D eigenvalue weighted by Crippen LogP contribution is -2.50.